The van der Waals surface area contributed by atoms with Crippen LogP contribution >= 0.6 is 0 Å². The molecule has 2 atom stereocenters. The van der Waals surface area contributed by atoms with Crippen molar-refractivity contribution in [1.29, 1.82) is 0 Å². The average Bonchev–Trinajstić information content (AvgIpc) is 2.81. The van der Waals surface area contributed by atoms with Gasteiger partial charge in [0.15, 0.2) is 0 Å². The van der Waals surface area contributed by atoms with Gasteiger partial charge in [0, 0.05) is 12.5 Å². The lowest BCUT2D eigenvalue weighted by Gasteiger charge is -2.22. The zero-order chi connectivity index (χ0) is 16.5. The van der Waals surface area contributed by atoms with Crippen LogP contribution in [-0.2, 0) is 6.54 Å². The summed E-state index contributed by atoms with van der Waals surface area (Å²) < 4.78 is 41.1. The molecule has 22 heavy (non-hydrogen) atoms. The highest BCUT2D eigenvalue weighted by atomic mass is 19.4. The first-order valence-electron chi connectivity index (χ1n) is 7.51. The van der Waals surface area contributed by atoms with Crippen molar-refractivity contribution in [1.82, 2.24) is 9.55 Å². The van der Waals surface area contributed by atoms with E-state index in [9.17, 15) is 22.8 Å². The number of unbranched alkanes of at least 4 members (excludes halogenated alkanes) is 1. The van der Waals surface area contributed by atoms with E-state index in [1.54, 1.807) is 0 Å². The number of aromatic amines is 1. The number of nitrogens with one attached hydrogen (secondary N) is 2. The van der Waals surface area contributed by atoms with E-state index in [1.807, 2.05) is 13.8 Å². The van der Waals surface area contributed by atoms with E-state index in [1.165, 1.54) is 4.57 Å². The molecular formula is C14H20F3N3O2. The quantitative estimate of drug-likeness (QED) is 0.876. The van der Waals surface area contributed by atoms with Gasteiger partial charge in [0.05, 0.1) is 5.56 Å². The van der Waals surface area contributed by atoms with Crippen LogP contribution < -0.4 is 16.6 Å². The lowest BCUT2D eigenvalue weighted by atomic mass is 9.91. The molecule has 8 heteroatoms. The van der Waals surface area contributed by atoms with Crippen LogP contribution in [0.15, 0.2) is 9.59 Å². The number of hydrogen-bond donors (Lipinski definition) is 2. The topological polar surface area (TPSA) is 66.9 Å². The zero-order valence-electron chi connectivity index (χ0n) is 12.6. The first kappa shape index (κ1) is 16.6. The predicted octanol–water partition coefficient (Wildman–Crippen LogP) is 2.58. The highest BCUT2D eigenvalue weighted by Crippen LogP contribution is 2.43. The molecule has 0 radical (unpaired) electrons. The second kappa shape index (κ2) is 6.18. The molecule has 0 saturated heterocycles. The first-order valence-corrected chi connectivity index (χ1v) is 7.51. The SMILES string of the molecule is CCCCC1c2c(n(CCC)c(=O)[nH]c2=O)NC1C(F)(F)F. The highest BCUT2D eigenvalue weighted by molar-refractivity contribution is 5.54. The van der Waals surface area contributed by atoms with Crippen molar-refractivity contribution in [2.45, 2.75) is 64.2 Å². The fourth-order valence-electron chi connectivity index (χ4n) is 2.98. The van der Waals surface area contributed by atoms with Gasteiger partial charge in [0.25, 0.3) is 5.56 Å². The number of fused-ring (bicyclic) bond motifs is 1. The Kier molecular flexibility index (Phi) is 4.67. The van der Waals surface area contributed by atoms with E-state index in [4.69, 9.17) is 0 Å². The summed E-state index contributed by atoms with van der Waals surface area (Å²) in [6, 6.07) is -1.82. The van der Waals surface area contributed by atoms with Gasteiger partial charge < -0.3 is 5.32 Å². The van der Waals surface area contributed by atoms with Crippen molar-refractivity contribution < 1.29 is 13.2 Å². The van der Waals surface area contributed by atoms with E-state index in [2.05, 4.69) is 10.3 Å². The molecule has 124 valence electrons. The summed E-state index contributed by atoms with van der Waals surface area (Å²) in [5.41, 5.74) is -1.33. The minimum Gasteiger partial charge on any atom is -0.359 e. The Bertz CT molecular complexity index is 648. The molecule has 2 rings (SSSR count). The molecule has 0 aromatic carbocycles. The molecule has 1 aromatic rings. The normalized spacial score (nSPS) is 20.8. The predicted molar refractivity (Wildman–Crippen MR) is 77.3 cm³/mol. The van der Waals surface area contributed by atoms with Crippen LogP contribution in [-0.4, -0.2) is 21.8 Å². The summed E-state index contributed by atoms with van der Waals surface area (Å²) in [4.78, 5) is 26.1. The highest BCUT2D eigenvalue weighted by Gasteiger charge is 2.51. The van der Waals surface area contributed by atoms with Crippen LogP contribution in [0.1, 0.15) is 51.0 Å². The summed E-state index contributed by atoms with van der Waals surface area (Å²) in [6.45, 7) is 3.96. The Morgan fingerprint density at radius 3 is 2.41 bits per heavy atom. The van der Waals surface area contributed by atoms with E-state index >= 15 is 0 Å². The van der Waals surface area contributed by atoms with E-state index < -0.39 is 29.4 Å². The van der Waals surface area contributed by atoms with Crippen molar-refractivity contribution in [3.05, 3.63) is 26.4 Å². The van der Waals surface area contributed by atoms with Crippen LogP contribution in [0.25, 0.3) is 0 Å². The number of rotatable bonds is 5. The fraction of sp³-hybridized carbons (Fsp3) is 0.714. The molecular weight excluding hydrogens is 299 g/mol. The third-order valence-corrected chi connectivity index (χ3v) is 3.97. The minimum absolute atomic E-state index is 0.0269. The molecule has 1 aliphatic rings. The van der Waals surface area contributed by atoms with Gasteiger partial charge in [-0.1, -0.05) is 26.7 Å². The van der Waals surface area contributed by atoms with Gasteiger partial charge >= 0.3 is 11.9 Å². The third-order valence-electron chi connectivity index (χ3n) is 3.97. The number of alkyl halides is 3. The van der Waals surface area contributed by atoms with Crippen LogP contribution in [0.2, 0.25) is 0 Å². The minimum atomic E-state index is -4.48. The average molecular weight is 319 g/mol. The Morgan fingerprint density at radius 2 is 1.86 bits per heavy atom. The molecule has 2 heterocycles. The van der Waals surface area contributed by atoms with Gasteiger partial charge in [-0.25, -0.2) is 4.79 Å². The maximum Gasteiger partial charge on any atom is 0.409 e. The molecule has 0 bridgehead atoms. The molecule has 2 N–H and O–H groups in total. The number of aromatic nitrogens is 2. The van der Waals surface area contributed by atoms with Gasteiger partial charge in [-0.3, -0.25) is 14.3 Å². The molecule has 0 spiro atoms. The van der Waals surface area contributed by atoms with Crippen molar-refractivity contribution >= 4 is 5.82 Å². The zero-order valence-corrected chi connectivity index (χ0v) is 12.6. The summed E-state index contributed by atoms with van der Waals surface area (Å²) in [5, 5.41) is 2.39. The Hall–Kier alpha value is -1.73. The second-order valence-corrected chi connectivity index (χ2v) is 5.59. The molecule has 0 amide bonds. The Labute approximate surface area is 125 Å². The standard InChI is InChI=1S/C14H20F3N3O2/c1-3-5-6-8-9-11(18-10(8)14(15,16)17)20(7-4-2)13(22)19-12(9)21/h8,10,18H,3-7H2,1-2H3,(H,19,21,22). The van der Waals surface area contributed by atoms with E-state index in [0.717, 1.165) is 6.42 Å². The van der Waals surface area contributed by atoms with Crippen LogP contribution in [0, 0.1) is 0 Å². The van der Waals surface area contributed by atoms with E-state index in [0.29, 0.717) is 12.8 Å². The van der Waals surface area contributed by atoms with Gasteiger partial charge in [-0.05, 0) is 12.8 Å². The number of halogens is 3. The van der Waals surface area contributed by atoms with Gasteiger partial charge in [0.1, 0.15) is 11.9 Å². The van der Waals surface area contributed by atoms with Crippen LogP contribution in [0.5, 0.6) is 0 Å². The van der Waals surface area contributed by atoms with Crippen molar-refractivity contribution in [3.63, 3.8) is 0 Å². The molecule has 2 unspecified atom stereocenters. The smallest absolute Gasteiger partial charge is 0.359 e. The van der Waals surface area contributed by atoms with Gasteiger partial charge in [-0.2, -0.15) is 13.2 Å². The Morgan fingerprint density at radius 1 is 1.18 bits per heavy atom. The summed E-state index contributed by atoms with van der Waals surface area (Å²) >= 11 is 0. The third kappa shape index (κ3) is 2.91. The summed E-state index contributed by atoms with van der Waals surface area (Å²) in [5.74, 6) is -0.929. The monoisotopic (exact) mass is 319 g/mol. The largest absolute Gasteiger partial charge is 0.409 e. The summed E-state index contributed by atoms with van der Waals surface area (Å²) in [7, 11) is 0. The molecule has 1 aromatic heterocycles. The molecule has 0 saturated carbocycles. The first-order chi connectivity index (χ1) is 10.3. The molecule has 0 aliphatic carbocycles. The van der Waals surface area contributed by atoms with Gasteiger partial charge in [-0.15, -0.1) is 0 Å². The maximum absolute atomic E-state index is 13.3. The van der Waals surface area contributed by atoms with Crippen LogP contribution in [0.3, 0.4) is 0 Å². The van der Waals surface area contributed by atoms with E-state index in [-0.39, 0.29) is 24.3 Å². The number of hydrogen-bond acceptors (Lipinski definition) is 3. The van der Waals surface area contributed by atoms with Crippen molar-refractivity contribution in [2.75, 3.05) is 5.32 Å². The second-order valence-electron chi connectivity index (χ2n) is 5.59. The van der Waals surface area contributed by atoms with Gasteiger partial charge in [0.2, 0.25) is 0 Å². The maximum atomic E-state index is 13.3. The number of anilines is 1. The van der Waals surface area contributed by atoms with Crippen LogP contribution in [0.4, 0.5) is 19.0 Å². The molecule has 1 aliphatic heterocycles. The van der Waals surface area contributed by atoms with Crippen molar-refractivity contribution in [3.8, 4) is 0 Å². The molecule has 0 fully saturated rings. The molecule has 5 nitrogen and oxygen atoms in total. The summed E-state index contributed by atoms with van der Waals surface area (Å²) in [6.07, 6.45) is -2.31. The Balaban J connectivity index is 2.57. The fourth-order valence-corrected chi connectivity index (χ4v) is 2.98. The van der Waals surface area contributed by atoms with Crippen molar-refractivity contribution in [2.24, 2.45) is 0 Å². The number of H-pyrrole nitrogens is 1. The lowest BCUT2D eigenvalue weighted by Crippen LogP contribution is -2.38. The lowest BCUT2D eigenvalue weighted by molar-refractivity contribution is -0.146. The number of nitrogens with zero attached hydrogens (tertiary/aromatic N) is 1.